The van der Waals surface area contributed by atoms with E-state index in [2.05, 4.69) is 9.89 Å². The first-order chi connectivity index (χ1) is 9.65. The fourth-order valence-corrected chi connectivity index (χ4v) is 2.93. The van der Waals surface area contributed by atoms with Gasteiger partial charge in [-0.15, -0.1) is 0 Å². The Labute approximate surface area is 129 Å². The van der Waals surface area contributed by atoms with Gasteiger partial charge in [0.15, 0.2) is 5.96 Å². The molecule has 6 heteroatoms. The smallest absolute Gasteiger partial charge is 0.191 e. The summed E-state index contributed by atoms with van der Waals surface area (Å²) in [6.07, 6.45) is -0.0195. The van der Waals surface area contributed by atoms with Crippen LogP contribution in [0.4, 0.5) is 0 Å². The van der Waals surface area contributed by atoms with Crippen LogP contribution in [-0.4, -0.2) is 48.1 Å². The summed E-state index contributed by atoms with van der Waals surface area (Å²) in [5, 5.41) is 0.704. The molecule has 1 aliphatic heterocycles. The Morgan fingerprint density at radius 1 is 1.40 bits per heavy atom. The summed E-state index contributed by atoms with van der Waals surface area (Å²) in [4.78, 5) is 6.55. The quantitative estimate of drug-likeness (QED) is 0.685. The average Bonchev–Trinajstić information content (AvgIpc) is 2.48. The monoisotopic (exact) mass is 313 g/mol. The lowest BCUT2D eigenvalue weighted by Gasteiger charge is -2.27. The van der Waals surface area contributed by atoms with Crippen molar-refractivity contribution in [1.29, 1.82) is 0 Å². The first kappa shape index (κ1) is 15.3. The van der Waals surface area contributed by atoms with Crippen LogP contribution in [0, 0.1) is 0 Å². The van der Waals surface area contributed by atoms with Crippen LogP contribution in [0.25, 0.3) is 0 Å². The van der Waals surface area contributed by atoms with Crippen molar-refractivity contribution in [3.8, 4) is 5.75 Å². The molecule has 110 valence electrons. The molecular formula is C14H20ClN3OS. The molecule has 0 bridgehead atoms. The van der Waals surface area contributed by atoms with Crippen LogP contribution < -0.4 is 10.5 Å². The van der Waals surface area contributed by atoms with Gasteiger partial charge in [0, 0.05) is 29.6 Å². The maximum atomic E-state index is 6.00. The zero-order valence-electron chi connectivity index (χ0n) is 11.6. The van der Waals surface area contributed by atoms with Crippen LogP contribution in [0.15, 0.2) is 29.3 Å². The molecule has 1 unspecified atom stereocenters. The van der Waals surface area contributed by atoms with Crippen molar-refractivity contribution in [2.45, 2.75) is 13.0 Å². The van der Waals surface area contributed by atoms with Crippen LogP contribution in [0.1, 0.15) is 6.92 Å². The fourth-order valence-electron chi connectivity index (χ4n) is 1.90. The van der Waals surface area contributed by atoms with E-state index in [0.717, 1.165) is 30.3 Å². The summed E-state index contributed by atoms with van der Waals surface area (Å²) in [6, 6.07) is 7.33. The number of benzene rings is 1. The van der Waals surface area contributed by atoms with Gasteiger partial charge in [-0.1, -0.05) is 11.6 Å². The van der Waals surface area contributed by atoms with Crippen molar-refractivity contribution in [2.24, 2.45) is 10.7 Å². The zero-order chi connectivity index (χ0) is 14.4. The summed E-state index contributed by atoms with van der Waals surface area (Å²) in [5.41, 5.74) is 6.00. The predicted octanol–water partition coefficient (Wildman–Crippen LogP) is 2.47. The molecule has 0 aromatic heterocycles. The van der Waals surface area contributed by atoms with E-state index < -0.39 is 0 Å². The second-order valence-corrected chi connectivity index (χ2v) is 6.34. The Morgan fingerprint density at radius 3 is 2.70 bits per heavy atom. The number of hydrogen-bond acceptors (Lipinski definition) is 3. The van der Waals surface area contributed by atoms with E-state index in [0.29, 0.717) is 17.5 Å². The molecule has 1 atom stereocenters. The lowest BCUT2D eigenvalue weighted by atomic mass is 10.3. The summed E-state index contributed by atoms with van der Waals surface area (Å²) in [6.45, 7) is 4.49. The molecule has 2 rings (SSSR count). The summed E-state index contributed by atoms with van der Waals surface area (Å²) >= 11 is 7.79. The maximum Gasteiger partial charge on any atom is 0.191 e. The van der Waals surface area contributed by atoms with Gasteiger partial charge in [0.2, 0.25) is 0 Å². The highest BCUT2D eigenvalue weighted by molar-refractivity contribution is 7.99. The van der Waals surface area contributed by atoms with Crippen LogP contribution in [-0.2, 0) is 0 Å². The van der Waals surface area contributed by atoms with Crippen LogP contribution in [0.3, 0.4) is 0 Å². The lowest BCUT2D eigenvalue weighted by molar-refractivity contribution is 0.229. The number of thioether (sulfide) groups is 1. The van der Waals surface area contributed by atoms with E-state index in [4.69, 9.17) is 22.1 Å². The molecule has 2 N–H and O–H groups in total. The van der Waals surface area contributed by atoms with Crippen molar-refractivity contribution in [3.63, 3.8) is 0 Å². The highest BCUT2D eigenvalue weighted by atomic mass is 35.5. The third kappa shape index (κ3) is 4.80. The summed E-state index contributed by atoms with van der Waals surface area (Å²) in [5.74, 6) is 3.65. The minimum absolute atomic E-state index is 0.0195. The van der Waals surface area contributed by atoms with E-state index in [1.165, 1.54) is 0 Å². The van der Waals surface area contributed by atoms with Gasteiger partial charge in [0.05, 0.1) is 6.54 Å². The third-order valence-corrected chi connectivity index (χ3v) is 4.19. The van der Waals surface area contributed by atoms with Crippen LogP contribution in [0.2, 0.25) is 5.02 Å². The molecule has 1 fully saturated rings. The van der Waals surface area contributed by atoms with E-state index in [9.17, 15) is 0 Å². The van der Waals surface area contributed by atoms with Gasteiger partial charge in [-0.2, -0.15) is 11.8 Å². The zero-order valence-corrected chi connectivity index (χ0v) is 13.2. The highest BCUT2D eigenvalue weighted by Gasteiger charge is 2.12. The lowest BCUT2D eigenvalue weighted by Crippen LogP contribution is -2.43. The van der Waals surface area contributed by atoms with E-state index >= 15 is 0 Å². The number of nitrogens with two attached hydrogens (primary N) is 1. The Kier molecular flexibility index (Phi) is 5.86. The number of nitrogens with zero attached hydrogens (tertiary/aromatic N) is 2. The molecule has 0 saturated carbocycles. The molecule has 0 amide bonds. The van der Waals surface area contributed by atoms with Gasteiger partial charge >= 0.3 is 0 Å². The topological polar surface area (TPSA) is 50.8 Å². The van der Waals surface area contributed by atoms with E-state index in [-0.39, 0.29) is 6.10 Å². The summed E-state index contributed by atoms with van der Waals surface area (Å²) < 4.78 is 5.76. The third-order valence-electron chi connectivity index (χ3n) is 3.00. The van der Waals surface area contributed by atoms with Crippen LogP contribution >= 0.6 is 23.4 Å². The number of ether oxygens (including phenoxy) is 1. The van der Waals surface area contributed by atoms with Crippen molar-refractivity contribution < 1.29 is 4.74 Å². The second kappa shape index (κ2) is 7.64. The van der Waals surface area contributed by atoms with Gasteiger partial charge < -0.3 is 15.4 Å². The van der Waals surface area contributed by atoms with Gasteiger partial charge in [0.1, 0.15) is 11.9 Å². The number of hydrogen-bond donors (Lipinski definition) is 1. The number of rotatable bonds is 4. The molecule has 1 aliphatic rings. The van der Waals surface area contributed by atoms with Gasteiger partial charge in [-0.3, -0.25) is 0 Å². The SMILES string of the molecule is CC(CN=C(N)N1CCSCC1)Oc1ccc(Cl)cc1. The van der Waals surface area contributed by atoms with E-state index in [1.54, 1.807) is 0 Å². The normalized spacial score (nSPS) is 17.9. The number of halogens is 1. The predicted molar refractivity (Wildman–Crippen MR) is 86.9 cm³/mol. The van der Waals surface area contributed by atoms with Gasteiger partial charge in [-0.05, 0) is 31.2 Å². The Bertz CT molecular complexity index is 446. The van der Waals surface area contributed by atoms with Crippen molar-refractivity contribution in [3.05, 3.63) is 29.3 Å². The molecule has 1 aromatic rings. The molecule has 1 saturated heterocycles. The molecular weight excluding hydrogens is 294 g/mol. The molecule has 0 radical (unpaired) electrons. The average molecular weight is 314 g/mol. The minimum Gasteiger partial charge on any atom is -0.489 e. The van der Waals surface area contributed by atoms with Crippen molar-refractivity contribution in [2.75, 3.05) is 31.1 Å². The van der Waals surface area contributed by atoms with Gasteiger partial charge in [0.25, 0.3) is 0 Å². The molecule has 0 aliphatic carbocycles. The van der Waals surface area contributed by atoms with E-state index in [1.807, 2.05) is 43.0 Å². The first-order valence-corrected chi connectivity index (χ1v) is 8.23. The molecule has 4 nitrogen and oxygen atoms in total. The molecule has 1 aromatic carbocycles. The Balaban J connectivity index is 1.81. The standard InChI is InChI=1S/C14H20ClN3OS/c1-11(19-13-4-2-12(15)3-5-13)10-17-14(16)18-6-8-20-9-7-18/h2-5,11H,6-10H2,1H3,(H2,16,17). The van der Waals surface area contributed by atoms with Crippen molar-refractivity contribution >= 4 is 29.3 Å². The van der Waals surface area contributed by atoms with Crippen LogP contribution in [0.5, 0.6) is 5.75 Å². The van der Waals surface area contributed by atoms with Gasteiger partial charge in [-0.25, -0.2) is 4.99 Å². The summed E-state index contributed by atoms with van der Waals surface area (Å²) in [7, 11) is 0. The fraction of sp³-hybridized carbons (Fsp3) is 0.500. The Hall–Kier alpha value is -1.07. The minimum atomic E-state index is -0.0195. The molecule has 1 heterocycles. The first-order valence-electron chi connectivity index (χ1n) is 6.70. The highest BCUT2D eigenvalue weighted by Crippen LogP contribution is 2.16. The number of guanidine groups is 1. The Morgan fingerprint density at radius 2 is 2.05 bits per heavy atom. The largest absolute Gasteiger partial charge is 0.489 e. The second-order valence-electron chi connectivity index (χ2n) is 4.68. The number of aliphatic imine (C=N–C) groups is 1. The molecule has 0 spiro atoms. The maximum absolute atomic E-state index is 6.00. The van der Waals surface area contributed by atoms with Crippen molar-refractivity contribution in [1.82, 2.24) is 4.90 Å². The molecule has 20 heavy (non-hydrogen) atoms.